The van der Waals surface area contributed by atoms with Crippen molar-refractivity contribution in [2.75, 3.05) is 25.6 Å². The van der Waals surface area contributed by atoms with Crippen molar-refractivity contribution in [2.24, 2.45) is 0 Å². The fraction of sp³-hybridized carbons (Fsp3) is 0.238. The van der Waals surface area contributed by atoms with E-state index in [9.17, 15) is 9.59 Å². The Labute approximate surface area is 158 Å². The first-order valence-corrected chi connectivity index (χ1v) is 8.82. The Bertz CT molecular complexity index is 858. The summed E-state index contributed by atoms with van der Waals surface area (Å²) in [7, 11) is 3.91. The number of carbonyl (C=O) groups is 2. The molecular formula is C21H23N3O3. The van der Waals surface area contributed by atoms with Crippen molar-refractivity contribution >= 4 is 23.4 Å². The molecule has 2 amide bonds. The third kappa shape index (κ3) is 3.95. The summed E-state index contributed by atoms with van der Waals surface area (Å²) in [6.45, 7) is 2.01. The summed E-state index contributed by atoms with van der Waals surface area (Å²) >= 11 is 0. The number of esters is 1. The van der Waals surface area contributed by atoms with Gasteiger partial charge >= 0.3 is 12.0 Å². The number of rotatable bonds is 5. The summed E-state index contributed by atoms with van der Waals surface area (Å²) in [6, 6.07) is 16.1. The molecule has 0 aliphatic carbocycles. The third-order valence-electron chi connectivity index (χ3n) is 4.37. The maximum atomic E-state index is 12.8. The lowest BCUT2D eigenvalue weighted by Gasteiger charge is -2.29. The van der Waals surface area contributed by atoms with Crippen LogP contribution >= 0.6 is 0 Å². The molecule has 0 aromatic heterocycles. The van der Waals surface area contributed by atoms with Crippen LogP contribution in [0.15, 0.2) is 60.2 Å². The smallest absolute Gasteiger partial charge is 0.338 e. The number of urea groups is 1. The highest BCUT2D eigenvalue weighted by Gasteiger charge is 2.34. The second-order valence-electron chi connectivity index (χ2n) is 6.39. The van der Waals surface area contributed by atoms with Gasteiger partial charge in [-0.05, 0) is 30.2 Å². The predicted molar refractivity (Wildman–Crippen MR) is 105 cm³/mol. The highest BCUT2D eigenvalue weighted by atomic mass is 16.5. The number of nitrogens with one attached hydrogen (secondary N) is 2. The minimum absolute atomic E-state index is 0.255. The van der Waals surface area contributed by atoms with E-state index >= 15 is 0 Å². The number of nitrogens with zero attached hydrogens (tertiary/aromatic N) is 1. The van der Waals surface area contributed by atoms with E-state index in [2.05, 4.69) is 10.6 Å². The van der Waals surface area contributed by atoms with Crippen LogP contribution in [0.25, 0.3) is 5.70 Å². The summed E-state index contributed by atoms with van der Waals surface area (Å²) < 4.78 is 5.29. The molecule has 6 nitrogen and oxygen atoms in total. The number of hydrogen-bond donors (Lipinski definition) is 2. The molecule has 0 radical (unpaired) electrons. The average molecular weight is 365 g/mol. The van der Waals surface area contributed by atoms with Crippen molar-refractivity contribution in [3.05, 3.63) is 71.3 Å². The van der Waals surface area contributed by atoms with E-state index < -0.39 is 12.0 Å². The molecule has 3 rings (SSSR count). The topological polar surface area (TPSA) is 70.7 Å². The molecule has 2 aromatic carbocycles. The highest BCUT2D eigenvalue weighted by molar-refractivity contribution is 6.04. The largest absolute Gasteiger partial charge is 0.463 e. The Hall–Kier alpha value is -3.28. The molecule has 2 N–H and O–H groups in total. The van der Waals surface area contributed by atoms with Gasteiger partial charge in [0, 0.05) is 19.8 Å². The van der Waals surface area contributed by atoms with Gasteiger partial charge in [-0.3, -0.25) is 0 Å². The van der Waals surface area contributed by atoms with Gasteiger partial charge in [0.1, 0.15) is 0 Å². The molecule has 1 atom stereocenters. The van der Waals surface area contributed by atoms with E-state index in [1.54, 1.807) is 6.92 Å². The van der Waals surface area contributed by atoms with Gasteiger partial charge in [0.05, 0.1) is 23.9 Å². The summed E-state index contributed by atoms with van der Waals surface area (Å²) in [5.74, 6) is -0.453. The van der Waals surface area contributed by atoms with Crippen LogP contribution < -0.4 is 15.5 Å². The van der Waals surface area contributed by atoms with Crippen LogP contribution in [0, 0.1) is 0 Å². The summed E-state index contributed by atoms with van der Waals surface area (Å²) in [5, 5.41) is 5.62. The monoisotopic (exact) mass is 365 g/mol. The lowest BCUT2D eigenvalue weighted by molar-refractivity contribution is -0.138. The van der Waals surface area contributed by atoms with Gasteiger partial charge in [0.25, 0.3) is 0 Å². The molecular weight excluding hydrogens is 342 g/mol. The number of hydrogen-bond acceptors (Lipinski definition) is 4. The molecule has 0 saturated carbocycles. The summed E-state index contributed by atoms with van der Waals surface area (Å²) in [5.41, 5.74) is 3.46. The van der Waals surface area contributed by atoms with Crippen molar-refractivity contribution in [2.45, 2.75) is 13.0 Å². The lowest BCUT2D eigenvalue weighted by Crippen LogP contribution is -2.45. The van der Waals surface area contributed by atoms with Crippen LogP contribution in [0.1, 0.15) is 24.1 Å². The fourth-order valence-electron chi connectivity index (χ4n) is 3.04. The quantitative estimate of drug-likeness (QED) is 0.799. The molecule has 0 bridgehead atoms. The van der Waals surface area contributed by atoms with Crippen molar-refractivity contribution < 1.29 is 14.3 Å². The molecule has 0 unspecified atom stereocenters. The molecule has 27 heavy (non-hydrogen) atoms. The average Bonchev–Trinajstić information content (AvgIpc) is 2.68. The SMILES string of the molecule is CCOC(=O)C1=C(c2ccccc2)NC(=O)N[C@@H]1c1ccc(N(C)C)cc1. The standard InChI is InChI=1S/C21H23N3O3/c1-4-27-20(25)17-18(14-8-6-5-7-9-14)22-21(26)23-19(17)15-10-12-16(13-11-15)24(2)3/h5-13,19H,4H2,1-3H3,(H2,22,23,26)/t19-/m1/s1. The van der Waals surface area contributed by atoms with E-state index in [0.29, 0.717) is 11.3 Å². The first-order chi connectivity index (χ1) is 13.0. The zero-order valence-electron chi connectivity index (χ0n) is 15.7. The molecule has 0 fully saturated rings. The van der Waals surface area contributed by atoms with E-state index in [1.165, 1.54) is 0 Å². The van der Waals surface area contributed by atoms with Gasteiger partial charge in [-0.25, -0.2) is 9.59 Å². The van der Waals surface area contributed by atoms with Gasteiger partial charge in [-0.1, -0.05) is 42.5 Å². The van der Waals surface area contributed by atoms with Gasteiger partial charge in [-0.2, -0.15) is 0 Å². The number of ether oxygens (including phenoxy) is 1. The zero-order valence-corrected chi connectivity index (χ0v) is 15.7. The van der Waals surface area contributed by atoms with E-state index in [4.69, 9.17) is 4.74 Å². The van der Waals surface area contributed by atoms with Crippen LogP contribution in [0.3, 0.4) is 0 Å². The third-order valence-corrected chi connectivity index (χ3v) is 4.37. The summed E-state index contributed by atoms with van der Waals surface area (Å²) in [4.78, 5) is 27.1. The Kier molecular flexibility index (Phi) is 5.45. The molecule has 140 valence electrons. The number of benzene rings is 2. The van der Waals surface area contributed by atoms with Crippen molar-refractivity contribution in [1.29, 1.82) is 0 Å². The van der Waals surface area contributed by atoms with Gasteiger partial charge in [0.15, 0.2) is 0 Å². The molecule has 6 heteroatoms. The first-order valence-electron chi connectivity index (χ1n) is 8.82. The van der Waals surface area contributed by atoms with Crippen LogP contribution in [-0.4, -0.2) is 32.7 Å². The van der Waals surface area contributed by atoms with E-state index in [-0.39, 0.29) is 12.6 Å². The minimum Gasteiger partial charge on any atom is -0.463 e. The van der Waals surface area contributed by atoms with Gasteiger partial charge in [0.2, 0.25) is 0 Å². The first kappa shape index (κ1) is 18.5. The summed E-state index contributed by atoms with van der Waals surface area (Å²) in [6.07, 6.45) is 0. The normalized spacial score (nSPS) is 16.4. The predicted octanol–water partition coefficient (Wildman–Crippen LogP) is 3.08. The van der Waals surface area contributed by atoms with Crippen molar-refractivity contribution in [3.63, 3.8) is 0 Å². The molecule has 1 aliphatic rings. The number of anilines is 1. The van der Waals surface area contributed by atoms with Crippen molar-refractivity contribution in [1.82, 2.24) is 10.6 Å². The maximum Gasteiger partial charge on any atom is 0.338 e. The van der Waals surface area contributed by atoms with E-state index in [0.717, 1.165) is 16.8 Å². The van der Waals surface area contributed by atoms with Gasteiger partial charge < -0.3 is 20.3 Å². The fourth-order valence-corrected chi connectivity index (χ4v) is 3.04. The second-order valence-corrected chi connectivity index (χ2v) is 6.39. The Morgan fingerprint density at radius 2 is 1.74 bits per heavy atom. The van der Waals surface area contributed by atoms with Crippen molar-refractivity contribution in [3.8, 4) is 0 Å². The van der Waals surface area contributed by atoms with Crippen LogP contribution in [0.5, 0.6) is 0 Å². The zero-order chi connectivity index (χ0) is 19.4. The molecule has 1 aliphatic heterocycles. The Morgan fingerprint density at radius 3 is 2.33 bits per heavy atom. The Balaban J connectivity index is 2.12. The number of carbonyl (C=O) groups excluding carboxylic acids is 2. The molecule has 2 aromatic rings. The lowest BCUT2D eigenvalue weighted by atomic mass is 9.92. The van der Waals surface area contributed by atoms with Crippen LogP contribution in [0.4, 0.5) is 10.5 Å². The molecule has 0 spiro atoms. The van der Waals surface area contributed by atoms with Gasteiger partial charge in [-0.15, -0.1) is 0 Å². The number of amides is 2. The minimum atomic E-state index is -0.593. The van der Waals surface area contributed by atoms with E-state index in [1.807, 2.05) is 73.6 Å². The Morgan fingerprint density at radius 1 is 1.07 bits per heavy atom. The second kappa shape index (κ2) is 7.95. The van der Waals surface area contributed by atoms with Crippen LogP contribution in [0.2, 0.25) is 0 Å². The molecule has 0 saturated heterocycles. The highest BCUT2D eigenvalue weighted by Crippen LogP contribution is 2.32. The van der Waals surface area contributed by atoms with Crippen LogP contribution in [-0.2, 0) is 9.53 Å². The maximum absolute atomic E-state index is 12.8. The molecule has 1 heterocycles.